The van der Waals surface area contributed by atoms with Crippen LogP contribution >= 0.6 is 0 Å². The topological polar surface area (TPSA) is 215 Å². The number of hydrogen-bond donors (Lipinski definition) is 2. The van der Waals surface area contributed by atoms with Gasteiger partial charge in [-0.15, -0.1) is 0 Å². The number of Topliss-reactive ketones (excluding diaryl/α,β-unsaturated/α-hetero) is 1. The van der Waals surface area contributed by atoms with Crippen molar-refractivity contribution >= 4 is 51.3 Å². The van der Waals surface area contributed by atoms with Crippen LogP contribution in [0.1, 0.15) is 120 Å². The number of esters is 4. The van der Waals surface area contributed by atoms with E-state index in [0.29, 0.717) is 5.56 Å². The van der Waals surface area contributed by atoms with Crippen molar-refractivity contribution in [1.29, 1.82) is 0 Å². The molecule has 1 rings (SSSR count). The Hall–Kier alpha value is -4.60. The molecule has 0 saturated heterocycles. The van der Waals surface area contributed by atoms with Gasteiger partial charge in [-0.3, -0.25) is 33.6 Å². The summed E-state index contributed by atoms with van der Waals surface area (Å²) in [5.74, 6) is -7.99. The van der Waals surface area contributed by atoms with Gasteiger partial charge in [0.2, 0.25) is 11.8 Å². The predicted molar refractivity (Wildman–Crippen MR) is 216 cm³/mol. The minimum atomic E-state index is -3.65. The van der Waals surface area contributed by atoms with Crippen LogP contribution in [0.25, 0.3) is 0 Å². The summed E-state index contributed by atoms with van der Waals surface area (Å²) in [6, 6.07) is 6.33. The van der Waals surface area contributed by atoms with Crippen LogP contribution in [-0.4, -0.2) is 85.0 Å². The van der Waals surface area contributed by atoms with E-state index in [1.165, 1.54) is 0 Å². The van der Waals surface area contributed by atoms with Crippen LogP contribution in [0.15, 0.2) is 41.8 Å². The second-order valence-electron chi connectivity index (χ2n) is 17.6. The molecule has 0 unspecified atom stereocenters. The molecule has 0 heterocycles. The fourth-order valence-corrected chi connectivity index (χ4v) is 5.82. The van der Waals surface area contributed by atoms with Crippen molar-refractivity contribution in [3.63, 3.8) is 0 Å². The van der Waals surface area contributed by atoms with Gasteiger partial charge >= 0.3 is 23.9 Å². The Morgan fingerprint density at radius 1 is 0.672 bits per heavy atom. The van der Waals surface area contributed by atoms with Crippen LogP contribution in [0.4, 0.5) is 0 Å². The zero-order valence-electron chi connectivity index (χ0n) is 36.1. The number of ketones is 1. The third-order valence-electron chi connectivity index (χ3n) is 7.88. The number of rotatable bonds is 21. The van der Waals surface area contributed by atoms with Crippen molar-refractivity contribution in [2.75, 3.05) is 6.26 Å². The van der Waals surface area contributed by atoms with Crippen molar-refractivity contribution in [3.8, 4) is 0 Å². The molecule has 0 aliphatic rings. The average Bonchev–Trinajstić information content (AvgIpc) is 3.03. The van der Waals surface area contributed by atoms with Crippen LogP contribution in [0.3, 0.4) is 0 Å². The first-order chi connectivity index (χ1) is 26.4. The molecule has 15 nitrogen and oxygen atoms in total. The molecule has 0 aliphatic heterocycles. The molecule has 0 radical (unpaired) electrons. The van der Waals surface area contributed by atoms with E-state index in [1.807, 2.05) is 0 Å². The van der Waals surface area contributed by atoms with E-state index in [-0.39, 0.29) is 19.4 Å². The first-order valence-corrected chi connectivity index (χ1v) is 21.2. The van der Waals surface area contributed by atoms with Gasteiger partial charge in [-0.1, -0.05) is 50.3 Å². The Morgan fingerprint density at radius 3 is 1.67 bits per heavy atom. The molecule has 0 aromatic heterocycles. The molecule has 58 heavy (non-hydrogen) atoms. The van der Waals surface area contributed by atoms with Crippen LogP contribution in [0, 0.1) is 17.8 Å². The van der Waals surface area contributed by atoms with Crippen molar-refractivity contribution in [2.45, 2.75) is 150 Å². The van der Waals surface area contributed by atoms with E-state index in [9.17, 15) is 42.0 Å². The molecule has 0 bridgehead atoms. The number of carbonyl (C=O) groups is 7. The maximum Gasteiger partial charge on any atom is 0.308 e. The molecular weight excluding hydrogens is 773 g/mol. The average molecular weight is 837 g/mol. The van der Waals surface area contributed by atoms with Crippen LogP contribution in [-0.2, 0) is 69.0 Å². The first kappa shape index (κ1) is 51.4. The van der Waals surface area contributed by atoms with Crippen molar-refractivity contribution < 1.29 is 60.9 Å². The number of benzene rings is 1. The lowest BCUT2D eigenvalue weighted by Crippen LogP contribution is -2.47. The first-order valence-electron chi connectivity index (χ1n) is 19.3. The van der Waals surface area contributed by atoms with Gasteiger partial charge in [0.25, 0.3) is 0 Å². The van der Waals surface area contributed by atoms with E-state index in [4.69, 9.17) is 18.9 Å². The Morgan fingerprint density at radius 2 is 1.17 bits per heavy atom. The highest BCUT2D eigenvalue weighted by atomic mass is 32.2. The number of ether oxygens (including phenoxy) is 4. The molecular formula is C42H64N2O13S. The van der Waals surface area contributed by atoms with Gasteiger partial charge in [-0.05, 0) is 80.2 Å². The quantitative estimate of drug-likeness (QED) is 0.122. The lowest BCUT2D eigenvalue weighted by Gasteiger charge is -2.27. The van der Waals surface area contributed by atoms with Crippen molar-refractivity contribution in [2.24, 2.45) is 17.8 Å². The fourth-order valence-electron chi connectivity index (χ4n) is 5.35. The van der Waals surface area contributed by atoms with Gasteiger partial charge in [-0.2, -0.15) is 0 Å². The molecule has 0 saturated carbocycles. The van der Waals surface area contributed by atoms with Gasteiger partial charge in [0.15, 0.2) is 15.6 Å². The molecule has 4 atom stereocenters. The monoisotopic (exact) mass is 836 g/mol. The molecule has 1 aromatic rings. The summed E-state index contributed by atoms with van der Waals surface area (Å²) in [6.45, 7) is 18.2. The highest BCUT2D eigenvalue weighted by Gasteiger charge is 2.35. The number of hydrogen-bond acceptors (Lipinski definition) is 13. The Kier molecular flexibility index (Phi) is 20.0. The zero-order chi connectivity index (χ0) is 44.6. The summed E-state index contributed by atoms with van der Waals surface area (Å²) in [7, 11) is -3.65. The largest absolute Gasteiger partial charge is 0.461 e. The van der Waals surface area contributed by atoms with E-state index >= 15 is 0 Å². The van der Waals surface area contributed by atoms with Gasteiger partial charge in [0.1, 0.15) is 23.4 Å². The van der Waals surface area contributed by atoms with Crippen LogP contribution < -0.4 is 10.6 Å². The summed E-state index contributed by atoms with van der Waals surface area (Å²) < 4.78 is 45.4. The normalized spacial score (nSPS) is 14.4. The second kappa shape index (κ2) is 22.5. The highest BCUT2D eigenvalue weighted by Crippen LogP contribution is 2.22. The summed E-state index contributed by atoms with van der Waals surface area (Å²) in [5.41, 5.74) is -1.91. The Labute approximate surface area is 343 Å². The summed E-state index contributed by atoms with van der Waals surface area (Å²) in [4.78, 5) is 93.1. The van der Waals surface area contributed by atoms with Gasteiger partial charge in [0.05, 0.1) is 37.3 Å². The Balaban J connectivity index is 3.45. The van der Waals surface area contributed by atoms with Crippen LogP contribution in [0.5, 0.6) is 0 Å². The van der Waals surface area contributed by atoms with E-state index in [2.05, 4.69) is 10.6 Å². The molecule has 0 fully saturated rings. The molecule has 1 aromatic carbocycles. The van der Waals surface area contributed by atoms with Crippen molar-refractivity contribution in [3.05, 3.63) is 47.4 Å². The van der Waals surface area contributed by atoms with E-state index in [1.54, 1.807) is 106 Å². The Bertz CT molecular complexity index is 1720. The third-order valence-corrected chi connectivity index (χ3v) is 8.53. The van der Waals surface area contributed by atoms with E-state index in [0.717, 1.165) is 17.7 Å². The highest BCUT2D eigenvalue weighted by molar-refractivity contribution is 7.93. The minimum absolute atomic E-state index is 0.0845. The van der Waals surface area contributed by atoms with Crippen LogP contribution in [0.2, 0.25) is 0 Å². The number of sulfone groups is 1. The molecule has 2 N–H and O–H groups in total. The number of amides is 2. The minimum Gasteiger partial charge on any atom is -0.461 e. The van der Waals surface area contributed by atoms with Crippen molar-refractivity contribution in [1.82, 2.24) is 10.6 Å². The molecule has 0 spiro atoms. The molecule has 2 amide bonds. The maximum atomic E-state index is 14.1. The smallest absolute Gasteiger partial charge is 0.308 e. The number of carbonyl (C=O) groups excluding carboxylic acids is 7. The predicted octanol–water partition coefficient (Wildman–Crippen LogP) is 5.08. The molecule has 326 valence electrons. The van der Waals surface area contributed by atoms with E-state index < -0.39 is 124 Å². The number of nitrogens with one attached hydrogen (secondary N) is 2. The zero-order valence-corrected chi connectivity index (χ0v) is 36.9. The SMILES string of the molecule is CC(C)[C@H](CC(=O)[C@H](CCC(=O)OC(C)(C)C)NC(=O)[C@@H](CC(=O)OCc1ccccc1)CC(=O)OC(C)(C)C)C(=O)N[C@H](/C=C/S(C)(=O)=O)CC(=O)OC(C)(C)C. The van der Waals surface area contributed by atoms with Gasteiger partial charge in [0, 0.05) is 30.4 Å². The lowest BCUT2D eigenvalue weighted by atomic mass is 9.86. The summed E-state index contributed by atoms with van der Waals surface area (Å²) in [5, 5.41) is 6.11. The third kappa shape index (κ3) is 23.6. The lowest BCUT2D eigenvalue weighted by molar-refractivity contribution is -0.159. The fraction of sp³-hybridized carbons (Fsp3) is 0.643. The van der Waals surface area contributed by atoms with Gasteiger partial charge < -0.3 is 29.6 Å². The summed E-state index contributed by atoms with van der Waals surface area (Å²) in [6.07, 6.45) is -0.393. The molecule has 0 aliphatic carbocycles. The molecule has 16 heteroatoms. The standard InChI is InChI=1S/C42H64N2O13S/c1-27(2)31(39(51)43-30(20-21-58(12,52)53)24-37(49)57-42(9,10)11)25-33(45)32(18-19-34(46)55-40(3,4)5)44-38(50)29(23-36(48)56-41(6,7)8)22-35(47)54-26-28-16-14-13-15-17-28/h13-17,20-21,27,29-32H,18-19,22-26H2,1-12H3,(H,43,51)(H,44,50)/b21-20+/t29-,30+,31-,32-/m0/s1. The second-order valence-corrected chi connectivity index (χ2v) is 19.5. The maximum absolute atomic E-state index is 14.1. The summed E-state index contributed by atoms with van der Waals surface area (Å²) >= 11 is 0. The van der Waals surface area contributed by atoms with Gasteiger partial charge in [-0.25, -0.2) is 8.42 Å².